The molecule has 3 rings (SSSR count). The number of hydrogen-bond donors (Lipinski definition) is 0. The van der Waals surface area contributed by atoms with Gasteiger partial charge in [0.2, 0.25) is 0 Å². The quantitative estimate of drug-likeness (QED) is 0.832. The molecule has 1 aliphatic heterocycles. The van der Waals surface area contributed by atoms with Crippen LogP contribution in [0.3, 0.4) is 0 Å². The van der Waals surface area contributed by atoms with Crippen molar-refractivity contribution in [2.45, 2.75) is 13.8 Å². The molecule has 6 heteroatoms. The number of benzene rings is 2. The minimum Gasteiger partial charge on any atom is -0.484 e. The molecule has 0 atom stereocenters. The summed E-state index contributed by atoms with van der Waals surface area (Å²) in [6, 6.07) is 11.9. The van der Waals surface area contributed by atoms with Crippen LogP contribution >= 0.6 is 0 Å². The zero-order valence-corrected chi connectivity index (χ0v) is 15.6. The van der Waals surface area contributed by atoms with Gasteiger partial charge in [-0.1, -0.05) is 12.1 Å². The fourth-order valence-electron chi connectivity index (χ4n) is 3.06. The van der Waals surface area contributed by atoms with Crippen LogP contribution in [0.4, 0.5) is 4.39 Å². The van der Waals surface area contributed by atoms with E-state index in [0.29, 0.717) is 43.1 Å². The molecular weight excluding hydrogens is 347 g/mol. The van der Waals surface area contributed by atoms with E-state index in [1.165, 1.54) is 12.1 Å². The predicted molar refractivity (Wildman–Crippen MR) is 100 cm³/mol. The second-order valence-electron chi connectivity index (χ2n) is 6.74. The lowest BCUT2D eigenvalue weighted by atomic mass is 10.1. The lowest BCUT2D eigenvalue weighted by Crippen LogP contribution is -2.51. The van der Waals surface area contributed by atoms with Gasteiger partial charge in [-0.25, -0.2) is 4.39 Å². The van der Waals surface area contributed by atoms with Gasteiger partial charge in [0.25, 0.3) is 11.8 Å². The molecule has 2 amide bonds. The molecule has 0 spiro atoms. The maximum absolute atomic E-state index is 13.4. The number of halogens is 1. The summed E-state index contributed by atoms with van der Waals surface area (Å²) < 4.78 is 18.9. The smallest absolute Gasteiger partial charge is 0.260 e. The maximum Gasteiger partial charge on any atom is 0.260 e. The number of carbonyl (C=O) groups is 2. The van der Waals surface area contributed by atoms with Crippen molar-refractivity contribution in [2.75, 3.05) is 32.8 Å². The highest BCUT2D eigenvalue weighted by Gasteiger charge is 2.25. The normalized spacial score (nSPS) is 14.2. The van der Waals surface area contributed by atoms with Gasteiger partial charge in [0.15, 0.2) is 6.61 Å². The molecule has 2 aromatic carbocycles. The van der Waals surface area contributed by atoms with Crippen molar-refractivity contribution < 1.29 is 18.7 Å². The molecule has 142 valence electrons. The number of aryl methyl sites for hydroxylation is 2. The van der Waals surface area contributed by atoms with E-state index in [9.17, 15) is 14.0 Å². The second kappa shape index (κ2) is 8.20. The van der Waals surface area contributed by atoms with Gasteiger partial charge in [-0.05, 0) is 55.3 Å². The van der Waals surface area contributed by atoms with E-state index < -0.39 is 0 Å². The Bertz CT molecular complexity index is 845. The van der Waals surface area contributed by atoms with E-state index in [-0.39, 0.29) is 24.2 Å². The minimum absolute atomic E-state index is 0.0193. The van der Waals surface area contributed by atoms with Crippen LogP contribution in [0.1, 0.15) is 21.5 Å². The van der Waals surface area contributed by atoms with Crippen molar-refractivity contribution in [3.05, 3.63) is 65.0 Å². The standard InChI is InChI=1S/C21H23FN2O3/c1-15-4-3-5-18(12-15)27-14-20(25)23-8-10-24(11-9-23)21(26)17-6-7-19(22)16(2)13-17/h3-7,12-13H,8-11,14H2,1-2H3. The number of piperazine rings is 1. The van der Waals surface area contributed by atoms with Crippen molar-refractivity contribution in [3.63, 3.8) is 0 Å². The predicted octanol–water partition coefficient (Wildman–Crippen LogP) is 2.81. The van der Waals surface area contributed by atoms with Crippen molar-refractivity contribution in [3.8, 4) is 5.75 Å². The zero-order chi connectivity index (χ0) is 19.4. The van der Waals surface area contributed by atoms with Crippen molar-refractivity contribution >= 4 is 11.8 Å². The Morgan fingerprint density at radius 3 is 2.37 bits per heavy atom. The number of amides is 2. The van der Waals surface area contributed by atoms with Gasteiger partial charge in [-0.15, -0.1) is 0 Å². The van der Waals surface area contributed by atoms with E-state index in [1.807, 2.05) is 31.2 Å². The van der Waals surface area contributed by atoms with Gasteiger partial charge in [0.1, 0.15) is 11.6 Å². The fourth-order valence-corrected chi connectivity index (χ4v) is 3.06. The Labute approximate surface area is 158 Å². The summed E-state index contributed by atoms with van der Waals surface area (Å²) in [4.78, 5) is 28.3. The van der Waals surface area contributed by atoms with Crippen LogP contribution < -0.4 is 4.74 Å². The van der Waals surface area contributed by atoms with E-state index >= 15 is 0 Å². The van der Waals surface area contributed by atoms with Crippen molar-refractivity contribution in [2.24, 2.45) is 0 Å². The Hall–Kier alpha value is -2.89. The second-order valence-corrected chi connectivity index (χ2v) is 6.74. The highest BCUT2D eigenvalue weighted by molar-refractivity contribution is 5.94. The molecule has 0 bridgehead atoms. The Morgan fingerprint density at radius 1 is 1.00 bits per heavy atom. The summed E-state index contributed by atoms with van der Waals surface area (Å²) in [5.41, 5.74) is 1.99. The molecule has 1 aliphatic rings. The summed E-state index contributed by atoms with van der Waals surface area (Å²) in [6.45, 7) is 5.40. The summed E-state index contributed by atoms with van der Waals surface area (Å²) in [7, 11) is 0. The zero-order valence-electron chi connectivity index (χ0n) is 15.6. The molecule has 5 nitrogen and oxygen atoms in total. The van der Waals surface area contributed by atoms with Gasteiger partial charge in [-0.3, -0.25) is 9.59 Å². The molecule has 0 aliphatic carbocycles. The SMILES string of the molecule is Cc1cccc(OCC(=O)N2CCN(C(=O)c3ccc(F)c(C)c3)CC2)c1. The largest absolute Gasteiger partial charge is 0.484 e. The third-order valence-corrected chi connectivity index (χ3v) is 4.68. The summed E-state index contributed by atoms with van der Waals surface area (Å²) in [5.74, 6) is 0.113. The Balaban J connectivity index is 1.51. The molecular formula is C21H23FN2O3. The number of ether oxygens (including phenoxy) is 1. The molecule has 27 heavy (non-hydrogen) atoms. The lowest BCUT2D eigenvalue weighted by molar-refractivity contribution is -0.134. The van der Waals surface area contributed by atoms with Gasteiger partial charge >= 0.3 is 0 Å². The molecule has 2 aromatic rings. The number of rotatable bonds is 4. The van der Waals surface area contributed by atoms with Gasteiger partial charge < -0.3 is 14.5 Å². The highest BCUT2D eigenvalue weighted by atomic mass is 19.1. The van der Waals surface area contributed by atoms with E-state index in [4.69, 9.17) is 4.74 Å². The van der Waals surface area contributed by atoms with E-state index in [1.54, 1.807) is 22.8 Å². The van der Waals surface area contributed by atoms with Gasteiger partial charge in [-0.2, -0.15) is 0 Å². The average Bonchev–Trinajstić information content (AvgIpc) is 2.68. The van der Waals surface area contributed by atoms with Crippen LogP contribution in [-0.4, -0.2) is 54.4 Å². The number of carbonyl (C=O) groups excluding carboxylic acids is 2. The van der Waals surface area contributed by atoms with Crippen molar-refractivity contribution in [1.82, 2.24) is 9.80 Å². The highest BCUT2D eigenvalue weighted by Crippen LogP contribution is 2.15. The number of hydrogen-bond acceptors (Lipinski definition) is 3. The third kappa shape index (κ3) is 4.64. The van der Waals surface area contributed by atoms with Crippen LogP contribution in [0.15, 0.2) is 42.5 Å². The van der Waals surface area contributed by atoms with Gasteiger partial charge in [0, 0.05) is 31.7 Å². The maximum atomic E-state index is 13.4. The van der Waals surface area contributed by atoms with Crippen LogP contribution in [-0.2, 0) is 4.79 Å². The Kier molecular flexibility index (Phi) is 5.74. The first-order chi connectivity index (χ1) is 12.9. The van der Waals surface area contributed by atoms with Crippen LogP contribution in [0.5, 0.6) is 5.75 Å². The lowest BCUT2D eigenvalue weighted by Gasteiger charge is -2.34. The third-order valence-electron chi connectivity index (χ3n) is 4.68. The first-order valence-electron chi connectivity index (χ1n) is 8.97. The summed E-state index contributed by atoms with van der Waals surface area (Å²) >= 11 is 0. The first-order valence-corrected chi connectivity index (χ1v) is 8.97. The van der Waals surface area contributed by atoms with Crippen LogP contribution in [0.2, 0.25) is 0 Å². The van der Waals surface area contributed by atoms with E-state index in [2.05, 4.69) is 0 Å². The summed E-state index contributed by atoms with van der Waals surface area (Å²) in [5, 5.41) is 0. The summed E-state index contributed by atoms with van der Waals surface area (Å²) in [6.07, 6.45) is 0. The fraction of sp³-hybridized carbons (Fsp3) is 0.333. The average molecular weight is 370 g/mol. The number of nitrogens with zero attached hydrogens (tertiary/aromatic N) is 2. The molecule has 1 heterocycles. The molecule has 1 fully saturated rings. The van der Waals surface area contributed by atoms with Gasteiger partial charge in [0.05, 0.1) is 0 Å². The van der Waals surface area contributed by atoms with Crippen LogP contribution in [0.25, 0.3) is 0 Å². The molecule has 0 unspecified atom stereocenters. The molecule has 1 saturated heterocycles. The van der Waals surface area contributed by atoms with Crippen molar-refractivity contribution in [1.29, 1.82) is 0 Å². The monoisotopic (exact) mass is 370 g/mol. The molecule has 0 N–H and O–H groups in total. The molecule has 0 saturated carbocycles. The minimum atomic E-state index is -0.324. The molecule has 0 aromatic heterocycles. The topological polar surface area (TPSA) is 49.9 Å². The first kappa shape index (κ1) is 18.9. The molecule has 0 radical (unpaired) electrons. The van der Waals surface area contributed by atoms with E-state index in [0.717, 1.165) is 5.56 Å². The van der Waals surface area contributed by atoms with Crippen LogP contribution in [0, 0.1) is 19.7 Å². The Morgan fingerprint density at radius 2 is 1.70 bits per heavy atom.